The summed E-state index contributed by atoms with van der Waals surface area (Å²) < 4.78 is 11.2. The Bertz CT molecular complexity index is 531. The summed E-state index contributed by atoms with van der Waals surface area (Å²) in [5, 5.41) is 11.7. The molecular weight excluding hydrogens is 576 g/mol. The summed E-state index contributed by atoms with van der Waals surface area (Å²) in [6.07, 6.45) is 4.98. The van der Waals surface area contributed by atoms with Crippen LogP contribution in [0.3, 0.4) is 0 Å². The van der Waals surface area contributed by atoms with Gasteiger partial charge in [0.15, 0.2) is 0 Å². The van der Waals surface area contributed by atoms with Gasteiger partial charge in [-0.2, -0.15) is 0 Å². The third-order valence-electron chi connectivity index (χ3n) is 4.41. The fourth-order valence-electron chi connectivity index (χ4n) is 2.50. The minimum atomic E-state index is -0.142. The molecule has 0 unspecified atom stereocenters. The molecule has 1 saturated carbocycles. The topological polar surface area (TPSA) is 50.7 Å². The summed E-state index contributed by atoms with van der Waals surface area (Å²) in [4.78, 5) is 0. The molecule has 0 aromatic heterocycles. The largest absolute Gasteiger partial charge is 0.493 e. The molecule has 28 heavy (non-hydrogen) atoms. The average molecular weight is 620 g/mol. The maximum Gasteiger partial charge on any atom is 0.119 e. The molecule has 2 rings (SSSR count). The van der Waals surface area contributed by atoms with Crippen molar-refractivity contribution < 1.29 is 47.1 Å². The number of aliphatic hydroxyl groups excluding tert-OH is 1. The molecule has 0 heterocycles. The number of ether oxygens (including phenoxy) is 2. The van der Waals surface area contributed by atoms with Crippen molar-refractivity contribution >= 4 is 0 Å². The summed E-state index contributed by atoms with van der Waals surface area (Å²) in [6.45, 7) is 15.2. The van der Waals surface area contributed by atoms with Crippen LogP contribution in [0.2, 0.25) is 0 Å². The Morgan fingerprint density at radius 2 is 1.86 bits per heavy atom. The van der Waals surface area contributed by atoms with Gasteiger partial charge in [0.05, 0.1) is 19.9 Å². The zero-order valence-electron chi connectivity index (χ0n) is 18.8. The van der Waals surface area contributed by atoms with E-state index in [1.807, 2.05) is 26.0 Å². The van der Waals surface area contributed by atoms with Gasteiger partial charge in [-0.1, -0.05) is 32.9 Å². The predicted octanol–water partition coefficient (Wildman–Crippen LogP) is 5.18. The Hall–Kier alpha value is -0.0481. The SMILES string of the molecule is CC(C)(C)CCCOCC(C)(C)NCO.Cc1cccc(OCC2CC2)c1.[HH].[U]. The fourth-order valence-corrected chi connectivity index (χ4v) is 2.50. The van der Waals surface area contributed by atoms with Crippen LogP contribution in [-0.2, 0) is 4.74 Å². The molecular formula is C23H43NO3U. The Kier molecular flexibility index (Phi) is 14.0. The van der Waals surface area contributed by atoms with Crippen LogP contribution < -0.4 is 10.1 Å². The molecule has 1 aromatic rings. The first-order valence-corrected chi connectivity index (χ1v) is 10.2. The monoisotopic (exact) mass is 619 g/mol. The van der Waals surface area contributed by atoms with Gasteiger partial charge in [-0.25, -0.2) is 0 Å². The molecule has 0 spiro atoms. The summed E-state index contributed by atoms with van der Waals surface area (Å²) in [7, 11) is 0. The van der Waals surface area contributed by atoms with Gasteiger partial charge in [0.2, 0.25) is 0 Å². The number of aliphatic hydroxyl groups is 1. The van der Waals surface area contributed by atoms with E-state index in [2.05, 4.69) is 45.1 Å². The second-order valence-corrected chi connectivity index (χ2v) is 9.51. The molecule has 162 valence electrons. The zero-order valence-corrected chi connectivity index (χ0v) is 23.0. The van der Waals surface area contributed by atoms with E-state index >= 15 is 0 Å². The third-order valence-corrected chi connectivity index (χ3v) is 4.41. The predicted molar refractivity (Wildman–Crippen MR) is 115 cm³/mol. The second-order valence-electron chi connectivity index (χ2n) is 9.51. The third kappa shape index (κ3) is 15.8. The smallest absolute Gasteiger partial charge is 0.119 e. The Balaban J connectivity index is 0. The van der Waals surface area contributed by atoms with Crippen molar-refractivity contribution in [3.05, 3.63) is 29.8 Å². The molecule has 1 aromatic carbocycles. The minimum absolute atomic E-state index is 0. The molecule has 4 nitrogen and oxygen atoms in total. The van der Waals surface area contributed by atoms with Crippen molar-refractivity contribution in [2.24, 2.45) is 11.3 Å². The van der Waals surface area contributed by atoms with E-state index in [1.165, 1.54) is 24.8 Å². The molecule has 0 saturated heterocycles. The van der Waals surface area contributed by atoms with Crippen LogP contribution in [0.4, 0.5) is 0 Å². The van der Waals surface area contributed by atoms with Crippen LogP contribution in [-0.4, -0.2) is 37.2 Å². The Morgan fingerprint density at radius 3 is 2.39 bits per heavy atom. The number of hydrogen-bond acceptors (Lipinski definition) is 4. The van der Waals surface area contributed by atoms with E-state index in [0.717, 1.165) is 31.3 Å². The van der Waals surface area contributed by atoms with Gasteiger partial charge >= 0.3 is 0 Å². The van der Waals surface area contributed by atoms with Crippen LogP contribution >= 0.6 is 0 Å². The van der Waals surface area contributed by atoms with Crippen molar-refractivity contribution in [2.75, 3.05) is 26.6 Å². The number of aryl methyl sites for hydroxylation is 1. The summed E-state index contributed by atoms with van der Waals surface area (Å²) in [5.74, 6) is 1.85. The molecule has 0 bridgehead atoms. The molecule has 0 aliphatic heterocycles. The van der Waals surface area contributed by atoms with Gasteiger partial charge in [-0.3, -0.25) is 5.32 Å². The number of hydrogen-bond donors (Lipinski definition) is 2. The van der Waals surface area contributed by atoms with Crippen LogP contribution in [0.5, 0.6) is 5.75 Å². The van der Waals surface area contributed by atoms with Gasteiger partial charge in [-0.05, 0) is 75.5 Å². The first-order valence-electron chi connectivity index (χ1n) is 10.2. The first kappa shape index (κ1) is 28.0. The fraction of sp³-hybridized carbons (Fsp3) is 0.739. The van der Waals surface area contributed by atoms with Gasteiger partial charge in [0.1, 0.15) is 5.75 Å². The maximum absolute atomic E-state index is 8.74. The van der Waals surface area contributed by atoms with Crippen LogP contribution in [0, 0.1) is 49.4 Å². The number of rotatable bonds is 10. The average Bonchev–Trinajstić information content (AvgIpc) is 3.36. The molecule has 1 aliphatic rings. The van der Waals surface area contributed by atoms with E-state index in [9.17, 15) is 0 Å². The van der Waals surface area contributed by atoms with Crippen molar-refractivity contribution in [2.45, 2.75) is 72.8 Å². The molecule has 1 fully saturated rings. The molecule has 5 heteroatoms. The van der Waals surface area contributed by atoms with Gasteiger partial charge in [0, 0.05) is 44.7 Å². The van der Waals surface area contributed by atoms with Crippen molar-refractivity contribution in [1.29, 1.82) is 0 Å². The van der Waals surface area contributed by atoms with Crippen LogP contribution in [0.15, 0.2) is 24.3 Å². The minimum Gasteiger partial charge on any atom is -0.493 e. The summed E-state index contributed by atoms with van der Waals surface area (Å²) in [5.41, 5.74) is 1.52. The van der Waals surface area contributed by atoms with E-state index < -0.39 is 0 Å². The Morgan fingerprint density at radius 1 is 1.18 bits per heavy atom. The molecule has 1 aliphatic carbocycles. The van der Waals surface area contributed by atoms with E-state index in [1.54, 1.807) is 0 Å². The normalized spacial score (nSPS) is 14.0. The van der Waals surface area contributed by atoms with Crippen molar-refractivity contribution in [3.63, 3.8) is 0 Å². The standard InChI is InChI=1S/C12H27NO2.C11H14O.U.H2/c1-11(2,3)7-6-8-15-9-12(4,5)13-10-14;1-9-3-2-4-11(7-9)12-8-10-5-6-10;;/h13-14H,6-10H2,1-5H3;2-4,7,10H,5-6,8H2,1H3;;1H. The quantitative estimate of drug-likeness (QED) is 0.280. The summed E-state index contributed by atoms with van der Waals surface area (Å²) >= 11 is 0. The molecule has 0 amide bonds. The van der Waals surface area contributed by atoms with Crippen molar-refractivity contribution in [1.82, 2.24) is 5.32 Å². The second kappa shape index (κ2) is 14.0. The zero-order chi connectivity index (χ0) is 20.3. The van der Waals surface area contributed by atoms with E-state index in [0.29, 0.717) is 12.0 Å². The van der Waals surface area contributed by atoms with Gasteiger partial charge < -0.3 is 14.6 Å². The van der Waals surface area contributed by atoms with Crippen LogP contribution in [0.1, 0.15) is 67.3 Å². The summed E-state index contributed by atoms with van der Waals surface area (Å²) in [6, 6.07) is 8.24. The number of nitrogens with one attached hydrogen (secondary N) is 1. The maximum atomic E-state index is 8.74. The van der Waals surface area contributed by atoms with E-state index in [4.69, 9.17) is 14.6 Å². The van der Waals surface area contributed by atoms with E-state index in [-0.39, 0.29) is 44.8 Å². The molecule has 2 N–H and O–H groups in total. The molecule has 0 atom stereocenters. The Labute approximate surface area is 198 Å². The molecule has 0 radical (unpaired) electrons. The van der Waals surface area contributed by atoms with Crippen LogP contribution in [0.25, 0.3) is 0 Å². The first-order chi connectivity index (χ1) is 12.6. The van der Waals surface area contributed by atoms with Crippen molar-refractivity contribution in [3.8, 4) is 5.75 Å². The van der Waals surface area contributed by atoms with Gasteiger partial charge in [-0.15, -0.1) is 0 Å². The van der Waals surface area contributed by atoms with Gasteiger partial charge in [0.25, 0.3) is 0 Å². The number of benzene rings is 1.